The van der Waals surface area contributed by atoms with E-state index in [-0.39, 0.29) is 0 Å². The van der Waals surface area contributed by atoms with Crippen LogP contribution in [0.25, 0.3) is 0 Å². The molecule has 0 aliphatic heterocycles. The summed E-state index contributed by atoms with van der Waals surface area (Å²) < 4.78 is 12.0. The van der Waals surface area contributed by atoms with E-state index in [1.807, 2.05) is 26.0 Å². The van der Waals surface area contributed by atoms with Crippen LogP contribution in [0, 0.1) is 21.0 Å². The van der Waals surface area contributed by atoms with Gasteiger partial charge in [-0.15, -0.1) is 0 Å². The van der Waals surface area contributed by atoms with Crippen LogP contribution in [0.2, 0.25) is 20.1 Å². The van der Waals surface area contributed by atoms with Crippen molar-refractivity contribution in [2.45, 2.75) is 13.8 Å². The monoisotopic (exact) mass is 632 g/mol. The Balaban J connectivity index is 0.000000240. The molecule has 2 aromatic rings. The lowest BCUT2D eigenvalue weighted by atomic mass is 10.1. The second kappa shape index (κ2) is 10.1. The van der Waals surface area contributed by atoms with Crippen LogP contribution >= 0.6 is 91.6 Å². The van der Waals surface area contributed by atoms with Gasteiger partial charge in [0.2, 0.25) is 0 Å². The molecule has 0 aliphatic carbocycles. The van der Waals surface area contributed by atoms with Gasteiger partial charge in [-0.3, -0.25) is 0 Å². The maximum Gasteiger partial charge on any atom is 0.158 e. The molecule has 0 radical (unpaired) electrons. The number of methoxy groups -OCH3 is 2. The molecule has 2 aromatic carbocycles. The highest BCUT2D eigenvalue weighted by atomic mass is 127. The molecule has 0 atom stereocenters. The van der Waals surface area contributed by atoms with Crippen LogP contribution in [0.3, 0.4) is 0 Å². The average molecular weight is 634 g/mol. The van der Waals surface area contributed by atoms with Crippen LogP contribution in [-0.4, -0.2) is 14.2 Å². The largest absolute Gasteiger partial charge is 0.494 e. The van der Waals surface area contributed by atoms with E-state index in [0.717, 1.165) is 18.3 Å². The molecule has 0 aliphatic rings. The van der Waals surface area contributed by atoms with E-state index < -0.39 is 0 Å². The predicted octanol–water partition coefficient (Wildman–Crippen LogP) is 7.83. The predicted molar refractivity (Wildman–Crippen MR) is 121 cm³/mol. The van der Waals surface area contributed by atoms with Gasteiger partial charge in [-0.25, -0.2) is 0 Å². The molecule has 24 heavy (non-hydrogen) atoms. The molecule has 0 fully saturated rings. The zero-order valence-electron chi connectivity index (χ0n) is 13.2. The van der Waals surface area contributed by atoms with Crippen molar-refractivity contribution in [2.75, 3.05) is 14.2 Å². The highest BCUT2D eigenvalue weighted by molar-refractivity contribution is 14.1. The van der Waals surface area contributed by atoms with Crippen molar-refractivity contribution in [1.29, 1.82) is 0 Å². The third-order valence-corrected chi connectivity index (χ3v) is 7.03. The van der Waals surface area contributed by atoms with Gasteiger partial charge in [0, 0.05) is 7.14 Å². The van der Waals surface area contributed by atoms with E-state index in [9.17, 15) is 0 Å². The minimum absolute atomic E-state index is 0.551. The maximum atomic E-state index is 5.96. The molecule has 0 N–H and O–H groups in total. The van der Waals surface area contributed by atoms with Crippen molar-refractivity contribution in [2.24, 2.45) is 0 Å². The Labute approximate surface area is 189 Å². The van der Waals surface area contributed by atoms with Gasteiger partial charge in [-0.05, 0) is 76.2 Å². The first-order valence-electron chi connectivity index (χ1n) is 6.51. The summed E-state index contributed by atoms with van der Waals surface area (Å²) in [6, 6.07) is 3.85. The second-order valence-electron chi connectivity index (χ2n) is 4.67. The van der Waals surface area contributed by atoms with Crippen molar-refractivity contribution in [3.05, 3.63) is 50.5 Å². The maximum absolute atomic E-state index is 5.96. The van der Waals surface area contributed by atoms with Crippen molar-refractivity contribution in [1.82, 2.24) is 0 Å². The van der Waals surface area contributed by atoms with Crippen LogP contribution in [-0.2, 0) is 0 Å². The van der Waals surface area contributed by atoms with E-state index in [1.54, 1.807) is 14.2 Å². The van der Waals surface area contributed by atoms with E-state index in [1.165, 1.54) is 0 Å². The molecule has 2 rings (SSSR count). The van der Waals surface area contributed by atoms with Crippen molar-refractivity contribution in [3.63, 3.8) is 0 Å². The molecule has 0 spiro atoms. The zero-order valence-corrected chi connectivity index (χ0v) is 20.6. The molecular weight excluding hydrogens is 620 g/mol. The number of benzene rings is 2. The highest BCUT2D eigenvalue weighted by Gasteiger charge is 2.13. The molecule has 2 nitrogen and oxygen atoms in total. The Bertz CT molecular complexity index is 636. The van der Waals surface area contributed by atoms with Crippen LogP contribution in [0.5, 0.6) is 11.5 Å². The van der Waals surface area contributed by atoms with E-state index in [0.29, 0.717) is 31.6 Å². The first kappa shape index (κ1) is 22.7. The lowest BCUT2D eigenvalue weighted by molar-refractivity contribution is 0.414. The van der Waals surface area contributed by atoms with Crippen molar-refractivity contribution in [3.8, 4) is 11.5 Å². The Kier molecular flexibility index (Phi) is 9.57. The molecule has 0 amide bonds. The summed E-state index contributed by atoms with van der Waals surface area (Å²) in [4.78, 5) is 0. The summed E-state index contributed by atoms with van der Waals surface area (Å²) in [7, 11) is 3.12. The Morgan fingerprint density at radius 3 is 1.33 bits per heavy atom. The summed E-state index contributed by atoms with van der Waals surface area (Å²) in [5.74, 6) is 1.12. The highest BCUT2D eigenvalue weighted by Crippen LogP contribution is 2.39. The lowest BCUT2D eigenvalue weighted by Crippen LogP contribution is -1.90. The Hall–Kier alpha value is 0.660. The van der Waals surface area contributed by atoms with Crippen LogP contribution in [0.1, 0.15) is 11.1 Å². The average Bonchev–Trinajstić information content (AvgIpc) is 2.53. The third kappa shape index (κ3) is 5.33. The minimum atomic E-state index is 0.551. The Morgan fingerprint density at radius 1 is 0.667 bits per heavy atom. The number of hydrogen-bond acceptors (Lipinski definition) is 2. The molecule has 0 saturated heterocycles. The number of hydrogen-bond donors (Lipinski definition) is 0. The summed E-state index contributed by atoms with van der Waals surface area (Å²) in [6.45, 7) is 3.85. The molecule has 0 aromatic heterocycles. The van der Waals surface area contributed by atoms with Gasteiger partial charge in [0.25, 0.3) is 0 Å². The van der Waals surface area contributed by atoms with Crippen LogP contribution in [0.4, 0.5) is 0 Å². The summed E-state index contributed by atoms with van der Waals surface area (Å²) in [5.41, 5.74) is 1.96. The molecule has 0 unspecified atom stereocenters. The standard InChI is InChI=1S/C9H10Cl2O.C7H4Cl2I2O/c1-5-4-6(2)8(11)9(12-3)7(5)10;1-12-7-5(8)3(10)2-4(11)6(7)9/h4H,1-3H3;2H,1H3. The fourth-order valence-corrected chi connectivity index (χ4v) is 4.53. The topological polar surface area (TPSA) is 18.5 Å². The number of ether oxygens (including phenoxy) is 2. The van der Waals surface area contributed by atoms with E-state index in [4.69, 9.17) is 55.9 Å². The van der Waals surface area contributed by atoms with Crippen LogP contribution < -0.4 is 9.47 Å². The first-order valence-corrected chi connectivity index (χ1v) is 10.2. The molecule has 8 heteroatoms. The molecule has 0 bridgehead atoms. The summed E-state index contributed by atoms with van der Waals surface area (Å²) in [5, 5.41) is 2.33. The van der Waals surface area contributed by atoms with Gasteiger partial charge >= 0.3 is 0 Å². The van der Waals surface area contributed by atoms with Crippen LogP contribution in [0.15, 0.2) is 12.1 Å². The van der Waals surface area contributed by atoms with Crippen molar-refractivity contribution < 1.29 is 9.47 Å². The van der Waals surface area contributed by atoms with E-state index in [2.05, 4.69) is 45.2 Å². The SMILES string of the molecule is COc1c(Cl)c(C)cc(C)c1Cl.COc1c(Cl)c(I)cc(I)c1Cl. The smallest absolute Gasteiger partial charge is 0.158 e. The van der Waals surface area contributed by atoms with Crippen molar-refractivity contribution >= 4 is 91.6 Å². The summed E-state index contributed by atoms with van der Waals surface area (Å²) >= 11 is 28.1. The Morgan fingerprint density at radius 2 is 1.00 bits per heavy atom. The van der Waals surface area contributed by atoms with E-state index >= 15 is 0 Å². The normalized spacial score (nSPS) is 10.1. The van der Waals surface area contributed by atoms with Gasteiger partial charge < -0.3 is 9.47 Å². The quantitative estimate of drug-likeness (QED) is 0.248. The second-order valence-corrected chi connectivity index (χ2v) is 8.51. The fourth-order valence-electron chi connectivity index (χ4n) is 1.82. The first-order chi connectivity index (χ1) is 11.1. The van der Waals surface area contributed by atoms with Gasteiger partial charge in [0.1, 0.15) is 0 Å². The van der Waals surface area contributed by atoms with Gasteiger partial charge in [0.15, 0.2) is 11.5 Å². The molecular formula is C16H14Cl4I2O2. The molecule has 0 saturated carbocycles. The lowest BCUT2D eigenvalue weighted by Gasteiger charge is -2.09. The van der Waals surface area contributed by atoms with Gasteiger partial charge in [0.05, 0.1) is 34.3 Å². The number of rotatable bonds is 2. The zero-order chi connectivity index (χ0) is 18.6. The summed E-state index contributed by atoms with van der Waals surface area (Å²) in [6.07, 6.45) is 0. The fraction of sp³-hybridized carbons (Fsp3) is 0.250. The molecule has 132 valence electrons. The number of aryl methyl sites for hydroxylation is 2. The molecule has 0 heterocycles. The third-order valence-electron chi connectivity index (χ3n) is 3.00. The number of halogens is 6. The van der Waals surface area contributed by atoms with Gasteiger partial charge in [-0.1, -0.05) is 52.5 Å². The minimum Gasteiger partial charge on any atom is -0.494 e. The van der Waals surface area contributed by atoms with Gasteiger partial charge in [-0.2, -0.15) is 0 Å².